The Morgan fingerprint density at radius 2 is 1.85 bits per heavy atom. The molecule has 1 N–H and O–H groups in total. The van der Waals surface area contributed by atoms with Crippen molar-refractivity contribution in [2.24, 2.45) is 17.8 Å². The molecule has 0 aromatic rings. The first kappa shape index (κ1) is 16.2. The maximum atomic E-state index is 11.7. The first-order valence-corrected chi connectivity index (χ1v) is 9.70. The normalized spacial score (nSPS) is 40.7. The molecule has 118 valence electrons. The predicted octanol–water partition coefficient (Wildman–Crippen LogP) is 2.24. The van der Waals surface area contributed by atoms with E-state index < -0.39 is 15.6 Å². The van der Waals surface area contributed by atoms with Crippen LogP contribution in [0.4, 0.5) is 0 Å². The molecule has 1 saturated heterocycles. The molecular formula is C15H29NO3S. The number of hydrogen-bond donors (Lipinski definition) is 1. The second-order valence-electron chi connectivity index (χ2n) is 7.41. The van der Waals surface area contributed by atoms with Crippen LogP contribution in [0.1, 0.15) is 52.4 Å². The van der Waals surface area contributed by atoms with Crippen LogP contribution in [0.25, 0.3) is 0 Å². The average Bonchev–Trinajstić information content (AvgIpc) is 2.25. The van der Waals surface area contributed by atoms with Crippen molar-refractivity contribution < 1.29 is 13.5 Å². The van der Waals surface area contributed by atoms with Gasteiger partial charge < -0.3 is 5.11 Å². The summed E-state index contributed by atoms with van der Waals surface area (Å²) >= 11 is 0. The molecular weight excluding hydrogens is 274 g/mol. The topological polar surface area (TPSA) is 57.6 Å². The van der Waals surface area contributed by atoms with Crippen molar-refractivity contribution in [3.8, 4) is 0 Å². The highest BCUT2D eigenvalue weighted by Gasteiger charge is 2.39. The molecule has 3 unspecified atom stereocenters. The quantitative estimate of drug-likeness (QED) is 0.870. The highest BCUT2D eigenvalue weighted by Crippen LogP contribution is 2.41. The largest absolute Gasteiger partial charge is 0.390 e. The van der Waals surface area contributed by atoms with Crippen molar-refractivity contribution in [3.05, 3.63) is 0 Å². The van der Waals surface area contributed by atoms with Crippen LogP contribution in [0.2, 0.25) is 0 Å². The van der Waals surface area contributed by atoms with Crippen LogP contribution in [0.3, 0.4) is 0 Å². The number of hydrogen-bond acceptors (Lipinski definition) is 3. The first-order valence-electron chi connectivity index (χ1n) is 7.85. The van der Waals surface area contributed by atoms with Crippen LogP contribution in [-0.4, -0.2) is 42.8 Å². The zero-order chi connectivity index (χ0) is 15.0. The monoisotopic (exact) mass is 303 g/mol. The summed E-state index contributed by atoms with van der Waals surface area (Å²) in [4.78, 5) is 0. The highest BCUT2D eigenvalue weighted by atomic mass is 32.2. The third-order valence-corrected chi connectivity index (χ3v) is 6.15. The molecule has 2 aliphatic rings. The van der Waals surface area contributed by atoms with Crippen molar-refractivity contribution in [1.29, 1.82) is 0 Å². The van der Waals surface area contributed by atoms with Crippen LogP contribution in [0, 0.1) is 17.8 Å². The van der Waals surface area contributed by atoms with E-state index in [0.717, 1.165) is 32.1 Å². The molecule has 3 atom stereocenters. The molecule has 0 aromatic heterocycles. The van der Waals surface area contributed by atoms with Crippen molar-refractivity contribution in [3.63, 3.8) is 0 Å². The van der Waals surface area contributed by atoms with Gasteiger partial charge in [0.15, 0.2) is 0 Å². The van der Waals surface area contributed by atoms with E-state index in [1.807, 2.05) is 0 Å². The van der Waals surface area contributed by atoms with E-state index in [1.54, 1.807) is 4.31 Å². The minimum Gasteiger partial charge on any atom is -0.390 e. The number of sulfonamides is 1. The van der Waals surface area contributed by atoms with E-state index >= 15 is 0 Å². The van der Waals surface area contributed by atoms with Crippen LogP contribution in [0.5, 0.6) is 0 Å². The Hall–Kier alpha value is -0.130. The van der Waals surface area contributed by atoms with Gasteiger partial charge in [-0.05, 0) is 56.3 Å². The molecule has 0 amide bonds. The summed E-state index contributed by atoms with van der Waals surface area (Å²) in [6.45, 7) is 5.65. The SMILES string of the molecule is CC1CC(C)CC(O)(CC2CCCN(S(C)(=O)=O)C2)C1. The minimum absolute atomic E-state index is 0.306. The molecule has 2 rings (SSSR count). The van der Waals surface area contributed by atoms with E-state index in [9.17, 15) is 13.5 Å². The highest BCUT2D eigenvalue weighted by molar-refractivity contribution is 7.88. The van der Waals surface area contributed by atoms with Crippen LogP contribution >= 0.6 is 0 Å². The Morgan fingerprint density at radius 1 is 1.25 bits per heavy atom. The molecule has 0 aromatic carbocycles. The van der Waals surface area contributed by atoms with Crippen molar-refractivity contribution in [2.75, 3.05) is 19.3 Å². The second-order valence-corrected chi connectivity index (χ2v) is 9.39. The van der Waals surface area contributed by atoms with Gasteiger partial charge in [-0.2, -0.15) is 0 Å². The molecule has 0 radical (unpaired) electrons. The lowest BCUT2D eigenvalue weighted by Gasteiger charge is -2.42. The van der Waals surface area contributed by atoms with Gasteiger partial charge in [0.2, 0.25) is 10.0 Å². The molecule has 0 spiro atoms. The fourth-order valence-electron chi connectivity index (χ4n) is 4.43. The third kappa shape index (κ3) is 4.18. The smallest absolute Gasteiger partial charge is 0.211 e. The van der Waals surface area contributed by atoms with Crippen molar-refractivity contribution in [2.45, 2.75) is 58.0 Å². The molecule has 1 aliphatic heterocycles. The van der Waals surface area contributed by atoms with Gasteiger partial charge in [0, 0.05) is 13.1 Å². The molecule has 5 heteroatoms. The fourth-order valence-corrected chi connectivity index (χ4v) is 5.38. The zero-order valence-electron chi connectivity index (χ0n) is 13.0. The number of aliphatic hydroxyl groups is 1. The van der Waals surface area contributed by atoms with Gasteiger partial charge in [-0.15, -0.1) is 0 Å². The summed E-state index contributed by atoms with van der Waals surface area (Å²) < 4.78 is 24.9. The Kier molecular flexibility index (Phi) is 4.82. The lowest BCUT2D eigenvalue weighted by atomic mass is 9.70. The minimum atomic E-state index is -3.09. The Morgan fingerprint density at radius 3 is 2.40 bits per heavy atom. The van der Waals surface area contributed by atoms with Gasteiger partial charge in [-0.3, -0.25) is 0 Å². The molecule has 1 aliphatic carbocycles. The molecule has 20 heavy (non-hydrogen) atoms. The Bertz CT molecular complexity index is 424. The third-order valence-electron chi connectivity index (χ3n) is 4.88. The lowest BCUT2D eigenvalue weighted by molar-refractivity contribution is -0.0531. The molecule has 4 nitrogen and oxygen atoms in total. The van der Waals surface area contributed by atoms with Gasteiger partial charge in [0.1, 0.15) is 0 Å². The fraction of sp³-hybridized carbons (Fsp3) is 1.00. The standard InChI is InChI=1S/C15H29NO3S/c1-12-7-13(2)9-15(17,8-12)10-14-5-4-6-16(11-14)20(3,18)19/h12-14,17H,4-11H2,1-3H3. The zero-order valence-corrected chi connectivity index (χ0v) is 13.8. The predicted molar refractivity (Wildman–Crippen MR) is 80.9 cm³/mol. The van der Waals surface area contributed by atoms with Crippen LogP contribution in [-0.2, 0) is 10.0 Å². The molecule has 0 bridgehead atoms. The van der Waals surface area contributed by atoms with Gasteiger partial charge in [-0.1, -0.05) is 13.8 Å². The van der Waals surface area contributed by atoms with E-state index in [2.05, 4.69) is 13.8 Å². The molecule has 1 heterocycles. The Labute approximate surface area is 123 Å². The maximum absolute atomic E-state index is 11.7. The van der Waals surface area contributed by atoms with E-state index in [1.165, 1.54) is 12.7 Å². The van der Waals surface area contributed by atoms with Crippen LogP contribution in [0.15, 0.2) is 0 Å². The number of piperidine rings is 1. The molecule has 2 fully saturated rings. The summed E-state index contributed by atoms with van der Waals surface area (Å²) in [5.41, 5.74) is -0.581. The van der Waals surface area contributed by atoms with Gasteiger partial charge >= 0.3 is 0 Å². The summed E-state index contributed by atoms with van der Waals surface area (Å²) in [5, 5.41) is 10.9. The van der Waals surface area contributed by atoms with Gasteiger partial charge in [0.25, 0.3) is 0 Å². The van der Waals surface area contributed by atoms with Crippen molar-refractivity contribution >= 4 is 10.0 Å². The number of nitrogens with zero attached hydrogens (tertiary/aromatic N) is 1. The lowest BCUT2D eigenvalue weighted by Crippen LogP contribution is -2.45. The average molecular weight is 303 g/mol. The van der Waals surface area contributed by atoms with Crippen LogP contribution < -0.4 is 0 Å². The second kappa shape index (κ2) is 5.93. The van der Waals surface area contributed by atoms with Gasteiger partial charge in [0.05, 0.1) is 11.9 Å². The van der Waals surface area contributed by atoms with E-state index in [4.69, 9.17) is 0 Å². The van der Waals surface area contributed by atoms with E-state index in [-0.39, 0.29) is 0 Å². The summed E-state index contributed by atoms with van der Waals surface area (Å²) in [6.07, 6.45) is 6.93. The van der Waals surface area contributed by atoms with Crippen molar-refractivity contribution in [1.82, 2.24) is 4.31 Å². The summed E-state index contributed by atoms with van der Waals surface area (Å²) in [5.74, 6) is 1.44. The number of rotatable bonds is 3. The Balaban J connectivity index is 1.98. The van der Waals surface area contributed by atoms with Gasteiger partial charge in [-0.25, -0.2) is 12.7 Å². The summed E-state index contributed by atoms with van der Waals surface area (Å²) in [7, 11) is -3.09. The van der Waals surface area contributed by atoms with E-state index in [0.29, 0.717) is 30.8 Å². The summed E-state index contributed by atoms with van der Waals surface area (Å²) in [6, 6.07) is 0. The molecule has 1 saturated carbocycles. The maximum Gasteiger partial charge on any atom is 0.211 e. The first-order chi connectivity index (χ1) is 9.18.